The van der Waals surface area contributed by atoms with E-state index in [1.165, 1.54) is 23.5 Å². The summed E-state index contributed by atoms with van der Waals surface area (Å²) in [5.41, 5.74) is 0.219. The third-order valence-electron chi connectivity index (χ3n) is 3.82. The molecule has 1 unspecified atom stereocenters. The topological polar surface area (TPSA) is 42.0 Å². The van der Waals surface area contributed by atoms with E-state index in [4.69, 9.17) is 23.2 Å². The van der Waals surface area contributed by atoms with E-state index in [2.05, 4.69) is 10.3 Å². The number of benzene rings is 1. The van der Waals surface area contributed by atoms with Crippen molar-refractivity contribution >= 4 is 45.6 Å². The van der Waals surface area contributed by atoms with Gasteiger partial charge in [-0.05, 0) is 31.0 Å². The van der Waals surface area contributed by atoms with Gasteiger partial charge >= 0.3 is 0 Å². The van der Waals surface area contributed by atoms with Gasteiger partial charge in [0.1, 0.15) is 10.2 Å². The first-order valence-corrected chi connectivity index (χ1v) is 8.26. The highest BCUT2D eigenvalue weighted by Crippen LogP contribution is 2.64. The zero-order valence-electron chi connectivity index (χ0n) is 11.7. The standard InChI is InChI=1S/C15H13Cl2FN2OS/c1-14(8-15(14,16)17)12(21)20-13-19-7-11(22-13)6-9-2-4-10(18)5-3-9/h2-5,7H,6,8H2,1H3,(H,19,20,21). The molecule has 116 valence electrons. The largest absolute Gasteiger partial charge is 0.301 e. The Morgan fingerprint density at radius 1 is 1.41 bits per heavy atom. The number of carbonyl (C=O) groups excluding carboxylic acids is 1. The summed E-state index contributed by atoms with van der Waals surface area (Å²) in [6.45, 7) is 1.73. The van der Waals surface area contributed by atoms with E-state index in [9.17, 15) is 9.18 Å². The van der Waals surface area contributed by atoms with Crippen molar-refractivity contribution in [2.45, 2.75) is 24.1 Å². The lowest BCUT2D eigenvalue weighted by atomic mass is 10.1. The molecule has 0 spiro atoms. The molecular formula is C15H13Cl2FN2OS. The van der Waals surface area contributed by atoms with Crippen molar-refractivity contribution in [1.29, 1.82) is 0 Å². The minimum atomic E-state index is -0.995. The summed E-state index contributed by atoms with van der Waals surface area (Å²) >= 11 is 13.4. The van der Waals surface area contributed by atoms with Gasteiger partial charge in [-0.15, -0.1) is 34.5 Å². The minimum absolute atomic E-state index is 0.222. The third kappa shape index (κ3) is 2.98. The van der Waals surface area contributed by atoms with Gasteiger partial charge in [0.25, 0.3) is 0 Å². The van der Waals surface area contributed by atoms with Crippen LogP contribution in [0.5, 0.6) is 0 Å². The van der Waals surface area contributed by atoms with E-state index in [1.54, 1.807) is 25.3 Å². The van der Waals surface area contributed by atoms with E-state index in [0.717, 1.165) is 10.4 Å². The molecule has 1 saturated carbocycles. The first-order valence-electron chi connectivity index (χ1n) is 6.69. The lowest BCUT2D eigenvalue weighted by Gasteiger charge is -2.10. The number of alkyl halides is 2. The Bertz CT molecular complexity index is 717. The number of thiazole rings is 1. The fourth-order valence-corrected chi connectivity index (χ4v) is 3.68. The highest BCUT2D eigenvalue weighted by Gasteiger charge is 2.68. The summed E-state index contributed by atoms with van der Waals surface area (Å²) in [5, 5.41) is 3.27. The van der Waals surface area contributed by atoms with Gasteiger partial charge in [-0.2, -0.15) is 0 Å². The summed E-state index contributed by atoms with van der Waals surface area (Å²) in [5.74, 6) is -0.482. The highest BCUT2D eigenvalue weighted by atomic mass is 35.5. The van der Waals surface area contributed by atoms with Crippen LogP contribution in [0.1, 0.15) is 23.8 Å². The minimum Gasteiger partial charge on any atom is -0.301 e. The zero-order chi connectivity index (χ0) is 16.0. The second kappa shape index (κ2) is 5.48. The van der Waals surface area contributed by atoms with Crippen LogP contribution in [0.15, 0.2) is 30.5 Å². The Labute approximate surface area is 141 Å². The fraction of sp³-hybridized carbons (Fsp3) is 0.333. The van der Waals surface area contributed by atoms with E-state index in [0.29, 0.717) is 18.0 Å². The summed E-state index contributed by atoms with van der Waals surface area (Å²) in [4.78, 5) is 17.3. The van der Waals surface area contributed by atoms with Gasteiger partial charge in [-0.3, -0.25) is 4.79 Å². The van der Waals surface area contributed by atoms with Gasteiger partial charge in [0.15, 0.2) is 5.13 Å². The van der Waals surface area contributed by atoms with Gasteiger partial charge in [0, 0.05) is 17.5 Å². The number of anilines is 1. The maximum atomic E-state index is 12.9. The number of hydrogen-bond acceptors (Lipinski definition) is 3. The predicted molar refractivity (Wildman–Crippen MR) is 87.1 cm³/mol. The van der Waals surface area contributed by atoms with Gasteiger partial charge in [-0.25, -0.2) is 9.37 Å². The molecule has 7 heteroatoms. The van der Waals surface area contributed by atoms with Crippen LogP contribution in [0.2, 0.25) is 0 Å². The molecule has 1 aromatic carbocycles. The zero-order valence-corrected chi connectivity index (χ0v) is 14.0. The Hall–Kier alpha value is -1.17. The lowest BCUT2D eigenvalue weighted by molar-refractivity contribution is -0.120. The molecule has 2 aromatic rings. The summed E-state index contributed by atoms with van der Waals surface area (Å²) in [7, 11) is 0. The number of halogens is 3. The fourth-order valence-electron chi connectivity index (χ4n) is 2.13. The SMILES string of the molecule is CC1(C(=O)Nc2ncc(Cc3ccc(F)cc3)s2)CC1(Cl)Cl. The monoisotopic (exact) mass is 358 g/mol. The Morgan fingerprint density at radius 2 is 2.05 bits per heavy atom. The van der Waals surface area contributed by atoms with Crippen molar-refractivity contribution in [3.8, 4) is 0 Å². The molecular weight excluding hydrogens is 346 g/mol. The molecule has 1 atom stereocenters. The molecule has 0 aliphatic heterocycles. The first-order chi connectivity index (χ1) is 10.3. The number of nitrogens with zero attached hydrogens (tertiary/aromatic N) is 1. The lowest BCUT2D eigenvalue weighted by Crippen LogP contribution is -2.25. The van der Waals surface area contributed by atoms with Gasteiger partial charge in [0.2, 0.25) is 5.91 Å². The van der Waals surface area contributed by atoms with Crippen LogP contribution in [-0.4, -0.2) is 15.2 Å². The summed E-state index contributed by atoms with van der Waals surface area (Å²) in [6, 6.07) is 6.31. The Balaban J connectivity index is 1.64. The van der Waals surface area contributed by atoms with E-state index < -0.39 is 9.75 Å². The normalized spacial score (nSPS) is 22.4. The van der Waals surface area contributed by atoms with E-state index in [1.807, 2.05) is 0 Å². The molecule has 1 aliphatic carbocycles. The number of rotatable bonds is 4. The molecule has 3 nitrogen and oxygen atoms in total. The molecule has 0 bridgehead atoms. The van der Waals surface area contributed by atoms with Crippen LogP contribution in [0.3, 0.4) is 0 Å². The Morgan fingerprint density at radius 3 is 2.64 bits per heavy atom. The molecule has 1 heterocycles. The van der Waals surface area contributed by atoms with Crippen LogP contribution in [0.25, 0.3) is 0 Å². The van der Waals surface area contributed by atoms with E-state index in [-0.39, 0.29) is 11.7 Å². The average molecular weight is 359 g/mol. The smallest absolute Gasteiger partial charge is 0.235 e. The molecule has 3 rings (SSSR count). The number of amides is 1. The van der Waals surface area contributed by atoms with Crippen LogP contribution in [0.4, 0.5) is 9.52 Å². The van der Waals surface area contributed by atoms with Crippen molar-refractivity contribution in [1.82, 2.24) is 4.98 Å². The van der Waals surface area contributed by atoms with Gasteiger partial charge in [-0.1, -0.05) is 12.1 Å². The first kappa shape index (κ1) is 15.7. The number of carbonyl (C=O) groups is 1. The molecule has 1 aromatic heterocycles. The van der Waals surface area contributed by atoms with Crippen molar-refractivity contribution in [3.05, 3.63) is 46.7 Å². The van der Waals surface area contributed by atoms with Gasteiger partial charge in [0.05, 0.1) is 5.41 Å². The number of aromatic nitrogens is 1. The molecule has 0 saturated heterocycles. The molecule has 1 N–H and O–H groups in total. The molecule has 0 radical (unpaired) electrons. The van der Waals surface area contributed by atoms with Crippen LogP contribution < -0.4 is 5.32 Å². The molecule has 1 amide bonds. The van der Waals surface area contributed by atoms with Crippen molar-refractivity contribution in [2.24, 2.45) is 5.41 Å². The van der Waals surface area contributed by atoms with Gasteiger partial charge < -0.3 is 5.32 Å². The van der Waals surface area contributed by atoms with Crippen molar-refractivity contribution in [3.63, 3.8) is 0 Å². The predicted octanol–water partition coefficient (Wildman–Crippen LogP) is 4.40. The van der Waals surface area contributed by atoms with Crippen molar-refractivity contribution < 1.29 is 9.18 Å². The van der Waals surface area contributed by atoms with Crippen LogP contribution in [-0.2, 0) is 11.2 Å². The third-order valence-corrected chi connectivity index (χ3v) is 5.84. The average Bonchev–Trinajstić information content (AvgIpc) is 2.80. The highest BCUT2D eigenvalue weighted by molar-refractivity contribution is 7.15. The second-order valence-electron chi connectivity index (χ2n) is 5.60. The Kier molecular flexibility index (Phi) is 3.91. The molecule has 1 aliphatic rings. The number of nitrogens with one attached hydrogen (secondary N) is 1. The second-order valence-corrected chi connectivity index (χ2v) is 8.20. The molecule has 22 heavy (non-hydrogen) atoms. The van der Waals surface area contributed by atoms with Crippen LogP contribution in [0, 0.1) is 11.2 Å². The van der Waals surface area contributed by atoms with E-state index >= 15 is 0 Å². The maximum Gasteiger partial charge on any atom is 0.235 e. The maximum absolute atomic E-state index is 12.9. The summed E-state index contributed by atoms with van der Waals surface area (Å²) in [6.07, 6.45) is 2.77. The summed E-state index contributed by atoms with van der Waals surface area (Å²) < 4.78 is 11.9. The quantitative estimate of drug-likeness (QED) is 0.823. The number of hydrogen-bond donors (Lipinski definition) is 1. The van der Waals surface area contributed by atoms with Crippen LogP contribution >= 0.6 is 34.5 Å². The van der Waals surface area contributed by atoms with Crippen molar-refractivity contribution in [2.75, 3.05) is 5.32 Å². The molecule has 1 fully saturated rings.